The van der Waals surface area contributed by atoms with Crippen LogP contribution in [0, 0.1) is 0 Å². The second kappa shape index (κ2) is 9.65. The lowest BCUT2D eigenvalue weighted by Gasteiger charge is -2.04. The van der Waals surface area contributed by atoms with Crippen molar-refractivity contribution in [3.63, 3.8) is 0 Å². The van der Waals surface area contributed by atoms with Gasteiger partial charge in [0.15, 0.2) is 0 Å². The van der Waals surface area contributed by atoms with E-state index in [2.05, 4.69) is 20.7 Å². The first-order chi connectivity index (χ1) is 12.5. The van der Waals surface area contributed by atoms with Crippen LogP contribution >= 0.6 is 23.2 Å². The zero-order chi connectivity index (χ0) is 18.9. The molecule has 2 aromatic carbocycles. The Kier molecular flexibility index (Phi) is 7.25. The summed E-state index contributed by atoms with van der Waals surface area (Å²) in [6.45, 7) is 0. The van der Waals surface area contributed by atoms with Gasteiger partial charge in [-0.25, -0.2) is 5.43 Å². The number of nitrogens with two attached hydrogens (primary N) is 1. The first-order valence-corrected chi connectivity index (χ1v) is 8.11. The lowest BCUT2D eigenvalue weighted by atomic mass is 10.2. The summed E-state index contributed by atoms with van der Waals surface area (Å²) in [5, 5.41) is 12.8. The van der Waals surface area contributed by atoms with Crippen LogP contribution in [0.25, 0.3) is 0 Å². The van der Waals surface area contributed by atoms with Gasteiger partial charge in [0.2, 0.25) is 5.96 Å². The van der Waals surface area contributed by atoms with Crippen molar-refractivity contribution in [2.24, 2.45) is 21.0 Å². The minimum atomic E-state index is -0.000472. The number of benzene rings is 2. The van der Waals surface area contributed by atoms with Gasteiger partial charge in [0, 0.05) is 21.2 Å². The summed E-state index contributed by atoms with van der Waals surface area (Å²) in [6.07, 6.45) is 2.99. The minimum Gasteiger partial charge on any atom is -0.496 e. The molecule has 136 valence electrons. The van der Waals surface area contributed by atoms with E-state index in [1.807, 2.05) is 0 Å². The van der Waals surface area contributed by atoms with E-state index in [-0.39, 0.29) is 5.96 Å². The molecule has 2 rings (SSSR count). The quantitative estimate of drug-likeness (QED) is 0.447. The Labute approximate surface area is 161 Å². The fourth-order valence-electron chi connectivity index (χ4n) is 1.96. The molecule has 0 unspecified atom stereocenters. The van der Waals surface area contributed by atoms with Crippen molar-refractivity contribution in [2.45, 2.75) is 0 Å². The van der Waals surface area contributed by atoms with E-state index in [0.717, 1.165) is 0 Å². The molecule has 0 saturated carbocycles. The molecule has 0 atom stereocenters. The fraction of sp³-hybridized carbons (Fsp3) is 0.118. The van der Waals surface area contributed by atoms with Crippen LogP contribution in [0.3, 0.4) is 0 Å². The summed E-state index contributed by atoms with van der Waals surface area (Å²) in [4.78, 5) is 0. The summed E-state index contributed by atoms with van der Waals surface area (Å²) < 4.78 is 10.4. The van der Waals surface area contributed by atoms with E-state index < -0.39 is 0 Å². The summed E-state index contributed by atoms with van der Waals surface area (Å²) >= 11 is 11.9. The monoisotopic (exact) mass is 393 g/mol. The van der Waals surface area contributed by atoms with Crippen LogP contribution in [-0.4, -0.2) is 32.6 Å². The number of ether oxygens (including phenoxy) is 2. The molecule has 0 bridgehead atoms. The van der Waals surface area contributed by atoms with Crippen molar-refractivity contribution in [1.82, 2.24) is 5.43 Å². The highest BCUT2D eigenvalue weighted by molar-refractivity contribution is 6.31. The number of rotatable bonds is 6. The minimum absolute atomic E-state index is 0.000472. The Hall–Kier alpha value is -2.77. The number of hydrazone groups is 1. The molecule has 0 saturated heterocycles. The van der Waals surface area contributed by atoms with E-state index in [9.17, 15) is 0 Å². The second-order valence-corrected chi connectivity index (χ2v) is 5.75. The topological polar surface area (TPSA) is 93.6 Å². The maximum Gasteiger partial charge on any atom is 0.234 e. The zero-order valence-electron chi connectivity index (χ0n) is 14.1. The lowest BCUT2D eigenvalue weighted by Crippen LogP contribution is -2.26. The average molecular weight is 394 g/mol. The van der Waals surface area contributed by atoms with Gasteiger partial charge in [-0.3, -0.25) is 0 Å². The molecule has 0 heterocycles. The van der Waals surface area contributed by atoms with Gasteiger partial charge in [0.05, 0.1) is 26.6 Å². The summed E-state index contributed by atoms with van der Waals surface area (Å²) in [5.41, 5.74) is 9.61. The third-order valence-electron chi connectivity index (χ3n) is 3.13. The van der Waals surface area contributed by atoms with Gasteiger partial charge in [0.25, 0.3) is 0 Å². The predicted molar refractivity (Wildman–Crippen MR) is 106 cm³/mol. The molecule has 0 radical (unpaired) electrons. The Morgan fingerprint density at radius 3 is 2.04 bits per heavy atom. The summed E-state index contributed by atoms with van der Waals surface area (Å²) in [7, 11) is 3.11. The fourth-order valence-corrected chi connectivity index (χ4v) is 2.32. The van der Waals surface area contributed by atoms with E-state index in [1.54, 1.807) is 50.6 Å². The summed E-state index contributed by atoms with van der Waals surface area (Å²) in [6, 6.07) is 10.3. The molecule has 9 heteroatoms. The van der Waals surface area contributed by atoms with Crippen molar-refractivity contribution in [1.29, 1.82) is 0 Å². The number of guanidine groups is 1. The van der Waals surface area contributed by atoms with Crippen LogP contribution in [-0.2, 0) is 0 Å². The lowest BCUT2D eigenvalue weighted by molar-refractivity contribution is 0.414. The van der Waals surface area contributed by atoms with E-state index in [1.165, 1.54) is 12.4 Å². The highest BCUT2D eigenvalue weighted by Gasteiger charge is 2.02. The van der Waals surface area contributed by atoms with Crippen molar-refractivity contribution < 1.29 is 9.47 Å². The van der Waals surface area contributed by atoms with Gasteiger partial charge in [-0.2, -0.15) is 10.2 Å². The molecule has 0 amide bonds. The van der Waals surface area contributed by atoms with Crippen molar-refractivity contribution >= 4 is 41.6 Å². The molecule has 0 aliphatic carbocycles. The Bertz CT molecular complexity index is 853. The normalized spacial score (nSPS) is 11.9. The van der Waals surface area contributed by atoms with Gasteiger partial charge >= 0.3 is 0 Å². The van der Waals surface area contributed by atoms with Gasteiger partial charge in [0.1, 0.15) is 11.5 Å². The largest absolute Gasteiger partial charge is 0.496 e. The van der Waals surface area contributed by atoms with Crippen LogP contribution in [0.4, 0.5) is 0 Å². The number of halogens is 2. The SMILES string of the molecule is COc1ccc(Cl)cc1C=NN=C(N)NN=Cc1cc(Cl)ccc1OC. The van der Waals surface area contributed by atoms with Crippen LogP contribution in [0.15, 0.2) is 51.7 Å². The standard InChI is InChI=1S/C17H17Cl2N5O2/c1-25-15-5-3-13(18)7-11(15)9-21-23-17(20)24-22-10-12-8-14(19)4-6-16(12)26-2/h3-10H,1-2H3,(H3,20,23,24). The van der Waals surface area contributed by atoms with E-state index >= 15 is 0 Å². The van der Waals surface area contributed by atoms with Gasteiger partial charge in [-0.15, -0.1) is 5.10 Å². The highest BCUT2D eigenvalue weighted by Crippen LogP contribution is 2.21. The van der Waals surface area contributed by atoms with Crippen molar-refractivity contribution in [3.8, 4) is 11.5 Å². The molecular formula is C17H17Cl2N5O2. The second-order valence-electron chi connectivity index (χ2n) is 4.87. The Morgan fingerprint density at radius 2 is 1.50 bits per heavy atom. The molecule has 0 aliphatic rings. The van der Waals surface area contributed by atoms with Crippen molar-refractivity contribution in [2.75, 3.05) is 14.2 Å². The molecule has 26 heavy (non-hydrogen) atoms. The van der Waals surface area contributed by atoms with E-state index in [4.69, 9.17) is 38.4 Å². The Morgan fingerprint density at radius 1 is 0.962 bits per heavy atom. The predicted octanol–water partition coefficient (Wildman–Crippen LogP) is 3.28. The van der Waals surface area contributed by atoms with Crippen LogP contribution in [0.2, 0.25) is 10.0 Å². The average Bonchev–Trinajstić information content (AvgIpc) is 2.62. The van der Waals surface area contributed by atoms with Gasteiger partial charge < -0.3 is 15.2 Å². The van der Waals surface area contributed by atoms with Crippen LogP contribution in [0.1, 0.15) is 11.1 Å². The molecule has 0 aromatic heterocycles. The number of methoxy groups -OCH3 is 2. The molecule has 7 nitrogen and oxygen atoms in total. The molecule has 0 aliphatic heterocycles. The highest BCUT2D eigenvalue weighted by atomic mass is 35.5. The van der Waals surface area contributed by atoms with Crippen molar-refractivity contribution in [3.05, 3.63) is 57.6 Å². The maximum atomic E-state index is 5.95. The molecular weight excluding hydrogens is 377 g/mol. The Balaban J connectivity index is 2.03. The molecule has 3 N–H and O–H groups in total. The van der Waals surface area contributed by atoms with E-state index in [0.29, 0.717) is 32.7 Å². The van der Waals surface area contributed by atoms with Gasteiger partial charge in [-0.05, 0) is 36.4 Å². The molecule has 2 aromatic rings. The third-order valence-corrected chi connectivity index (χ3v) is 3.60. The zero-order valence-corrected chi connectivity index (χ0v) is 15.6. The smallest absolute Gasteiger partial charge is 0.234 e. The maximum absolute atomic E-state index is 5.95. The number of nitrogens with zero attached hydrogens (tertiary/aromatic N) is 3. The summed E-state index contributed by atoms with van der Waals surface area (Å²) in [5.74, 6) is 1.24. The number of nitrogens with one attached hydrogen (secondary N) is 1. The van der Waals surface area contributed by atoms with Crippen LogP contribution < -0.4 is 20.6 Å². The number of hydrogen-bond donors (Lipinski definition) is 2. The molecule has 0 fully saturated rings. The van der Waals surface area contributed by atoms with Crippen LogP contribution in [0.5, 0.6) is 11.5 Å². The first-order valence-electron chi connectivity index (χ1n) is 7.36. The van der Waals surface area contributed by atoms with Gasteiger partial charge in [-0.1, -0.05) is 23.2 Å². The first kappa shape index (κ1) is 19.6. The third kappa shape index (κ3) is 5.65. The number of hydrogen-bond acceptors (Lipinski definition) is 5. The molecule has 0 spiro atoms.